The van der Waals surface area contributed by atoms with Gasteiger partial charge in [0.25, 0.3) is 0 Å². The first-order valence-corrected chi connectivity index (χ1v) is 9.40. The number of alkyl halides is 16. The van der Waals surface area contributed by atoms with E-state index >= 15 is 0 Å². The summed E-state index contributed by atoms with van der Waals surface area (Å²) in [6.45, 7) is 1.63. The maximum atomic E-state index is 13.7. The van der Waals surface area contributed by atoms with E-state index in [2.05, 4.69) is 0 Å². The molecule has 0 aromatic heterocycles. The van der Waals surface area contributed by atoms with Crippen LogP contribution in [-0.2, 0) is 0 Å². The minimum absolute atomic E-state index is 0.00406. The Morgan fingerprint density at radius 1 is 0.364 bits per heavy atom. The van der Waals surface area contributed by atoms with Crippen LogP contribution in [0.25, 0.3) is 0 Å². The fourth-order valence-corrected chi connectivity index (χ4v) is 2.58. The van der Waals surface area contributed by atoms with Gasteiger partial charge in [-0.25, -0.2) is 0 Å². The minimum Gasteiger partial charge on any atom is -0.200 e. The smallest absolute Gasteiger partial charge is 0.200 e. The van der Waals surface area contributed by atoms with Gasteiger partial charge in [0.2, 0.25) is 0 Å². The van der Waals surface area contributed by atoms with E-state index in [0.29, 0.717) is 12.8 Å². The molecule has 0 spiro atoms. The van der Waals surface area contributed by atoms with E-state index in [1.54, 1.807) is 6.92 Å². The molecule has 0 aromatic carbocycles. The molecule has 0 radical (unpaired) electrons. The molecule has 0 unspecified atom stereocenters. The molecular formula is C17H20F16. The Bertz CT molecular complexity index is 637. The lowest BCUT2D eigenvalue weighted by molar-refractivity contribution is -0.453. The molecule has 0 saturated carbocycles. The van der Waals surface area contributed by atoms with Crippen LogP contribution in [0.2, 0.25) is 0 Å². The number of hydrogen-bond donors (Lipinski definition) is 0. The zero-order chi connectivity index (χ0) is 26.9. The molecule has 0 fully saturated rings. The molecule has 33 heavy (non-hydrogen) atoms. The first-order chi connectivity index (χ1) is 14.4. The van der Waals surface area contributed by atoms with Gasteiger partial charge in [-0.15, -0.1) is 0 Å². The summed E-state index contributed by atoms with van der Waals surface area (Å²) >= 11 is 0. The number of hydrogen-bond acceptors (Lipinski definition) is 0. The molecule has 16 heteroatoms. The van der Waals surface area contributed by atoms with Crippen molar-refractivity contribution in [2.24, 2.45) is 0 Å². The fourth-order valence-electron chi connectivity index (χ4n) is 2.58. The van der Waals surface area contributed by atoms with Gasteiger partial charge in [-0.2, -0.15) is 70.2 Å². The summed E-state index contributed by atoms with van der Waals surface area (Å²) in [5.74, 6) is -60.1. The third-order valence-corrected chi connectivity index (χ3v) is 4.93. The van der Waals surface area contributed by atoms with E-state index in [-0.39, 0.29) is 19.8 Å². The summed E-state index contributed by atoms with van der Waals surface area (Å²) in [5, 5.41) is 0. The molecule has 0 amide bonds. The largest absolute Gasteiger partial charge is 0.384 e. The number of halogens is 16. The Kier molecular flexibility index (Phi) is 9.17. The van der Waals surface area contributed by atoms with Gasteiger partial charge in [-0.05, 0) is 6.42 Å². The Balaban J connectivity index is 6.31. The Morgan fingerprint density at radius 3 is 1.00 bits per heavy atom. The van der Waals surface area contributed by atoms with E-state index in [0.717, 1.165) is 0 Å². The molecule has 0 aromatic rings. The zero-order valence-electron chi connectivity index (χ0n) is 17.0. The molecule has 0 rings (SSSR count). The molecule has 0 saturated heterocycles. The highest BCUT2D eigenvalue weighted by atomic mass is 19.4. The summed E-state index contributed by atoms with van der Waals surface area (Å²) in [6, 6.07) is 0. The van der Waals surface area contributed by atoms with Crippen LogP contribution in [0.4, 0.5) is 70.2 Å². The van der Waals surface area contributed by atoms with Gasteiger partial charge in [0.05, 0.1) is 0 Å². The van der Waals surface area contributed by atoms with Crippen molar-refractivity contribution in [3.63, 3.8) is 0 Å². The van der Waals surface area contributed by atoms with Crippen LogP contribution in [0, 0.1) is 0 Å². The lowest BCUT2D eigenvalue weighted by Crippen LogP contribution is -2.74. The molecule has 0 bridgehead atoms. The third kappa shape index (κ3) is 4.85. The maximum Gasteiger partial charge on any atom is 0.384 e. The summed E-state index contributed by atoms with van der Waals surface area (Å²) < 4.78 is 216. The van der Waals surface area contributed by atoms with Crippen LogP contribution in [0.1, 0.15) is 58.8 Å². The van der Waals surface area contributed by atoms with Crippen LogP contribution in [0.5, 0.6) is 0 Å². The van der Waals surface area contributed by atoms with Crippen molar-refractivity contribution >= 4 is 0 Å². The van der Waals surface area contributed by atoms with Crippen molar-refractivity contribution in [3.05, 3.63) is 0 Å². The van der Waals surface area contributed by atoms with Crippen molar-refractivity contribution in [2.75, 3.05) is 0 Å². The molecule has 0 nitrogen and oxygen atoms in total. The molecule has 0 aliphatic carbocycles. The molecular weight excluding hydrogens is 508 g/mol. The topological polar surface area (TPSA) is 0 Å². The van der Waals surface area contributed by atoms with Gasteiger partial charge < -0.3 is 0 Å². The lowest BCUT2D eigenvalue weighted by atomic mass is 9.86. The van der Waals surface area contributed by atoms with Gasteiger partial charge in [0.1, 0.15) is 0 Å². The van der Waals surface area contributed by atoms with Gasteiger partial charge in [0, 0.05) is 12.8 Å². The number of rotatable bonds is 14. The summed E-state index contributed by atoms with van der Waals surface area (Å²) in [4.78, 5) is 0. The van der Waals surface area contributed by atoms with E-state index in [1.807, 2.05) is 0 Å². The van der Waals surface area contributed by atoms with Gasteiger partial charge in [-0.3, -0.25) is 0 Å². The predicted octanol–water partition coefficient (Wildman–Crippen LogP) is 8.84. The van der Waals surface area contributed by atoms with Crippen LogP contribution in [0.15, 0.2) is 0 Å². The van der Waals surface area contributed by atoms with Crippen molar-refractivity contribution in [1.82, 2.24) is 0 Å². The SMILES string of the molecule is CCCCCCCC(F)(F)C(F)(F)C(F)(F)C(F)(F)C(F)(F)C(F)(F)C(F)(F)C(F)(F)CC. The molecule has 0 N–H and O–H groups in total. The van der Waals surface area contributed by atoms with E-state index in [9.17, 15) is 70.2 Å². The molecule has 0 aliphatic heterocycles. The van der Waals surface area contributed by atoms with Crippen molar-refractivity contribution < 1.29 is 70.2 Å². The zero-order valence-corrected chi connectivity index (χ0v) is 17.0. The van der Waals surface area contributed by atoms with Crippen molar-refractivity contribution in [2.45, 2.75) is 106 Å². The third-order valence-electron chi connectivity index (χ3n) is 4.93. The Hall–Kier alpha value is -1.12. The standard InChI is InChI=1S/C17H20F16/c1-3-5-6-7-8-9-11(20,21)13(24,25)15(28,29)17(32,33)16(30,31)14(26,27)12(22,23)10(18,19)4-2/h3-9H2,1-2H3. The van der Waals surface area contributed by atoms with Crippen molar-refractivity contribution in [3.8, 4) is 0 Å². The highest BCUT2D eigenvalue weighted by molar-refractivity contribution is 5.15. The molecule has 200 valence electrons. The van der Waals surface area contributed by atoms with Crippen LogP contribution in [-0.4, -0.2) is 47.4 Å². The molecule has 0 heterocycles. The monoisotopic (exact) mass is 528 g/mol. The first kappa shape index (κ1) is 31.9. The summed E-state index contributed by atoms with van der Waals surface area (Å²) in [6.07, 6.45) is -5.00. The fraction of sp³-hybridized carbons (Fsp3) is 1.00. The van der Waals surface area contributed by atoms with Crippen LogP contribution >= 0.6 is 0 Å². The second-order valence-electron chi connectivity index (χ2n) is 7.37. The average Bonchev–Trinajstić information content (AvgIpc) is 2.66. The Morgan fingerprint density at radius 2 is 0.667 bits per heavy atom. The normalized spacial score (nSPS) is 15.8. The van der Waals surface area contributed by atoms with E-state index < -0.39 is 66.6 Å². The van der Waals surface area contributed by atoms with E-state index in [4.69, 9.17) is 0 Å². The molecule has 0 aliphatic rings. The van der Waals surface area contributed by atoms with Gasteiger partial charge >= 0.3 is 47.4 Å². The Labute approximate surface area is 177 Å². The molecule has 0 atom stereocenters. The second-order valence-corrected chi connectivity index (χ2v) is 7.37. The highest BCUT2D eigenvalue weighted by Crippen LogP contribution is 2.64. The van der Waals surface area contributed by atoms with Crippen molar-refractivity contribution in [1.29, 1.82) is 0 Å². The minimum atomic E-state index is -8.33. The average molecular weight is 528 g/mol. The maximum absolute atomic E-state index is 13.7. The predicted molar refractivity (Wildman–Crippen MR) is 83.2 cm³/mol. The first-order valence-electron chi connectivity index (χ1n) is 9.40. The number of unbranched alkanes of at least 4 members (excludes halogenated alkanes) is 4. The van der Waals surface area contributed by atoms with Crippen LogP contribution in [0.3, 0.4) is 0 Å². The van der Waals surface area contributed by atoms with Gasteiger partial charge in [-0.1, -0.05) is 39.5 Å². The van der Waals surface area contributed by atoms with Crippen LogP contribution < -0.4 is 0 Å². The van der Waals surface area contributed by atoms with E-state index in [1.165, 1.54) is 0 Å². The summed E-state index contributed by atoms with van der Waals surface area (Å²) in [7, 11) is 0. The highest BCUT2D eigenvalue weighted by Gasteiger charge is 2.94. The summed E-state index contributed by atoms with van der Waals surface area (Å²) in [5.41, 5.74) is 0. The lowest BCUT2D eigenvalue weighted by Gasteiger charge is -2.43. The van der Waals surface area contributed by atoms with Gasteiger partial charge in [0.15, 0.2) is 0 Å². The second kappa shape index (κ2) is 9.50. The quantitative estimate of drug-likeness (QED) is 0.156.